The maximum absolute atomic E-state index is 12.1. The zero-order chi connectivity index (χ0) is 18.0. The van der Waals surface area contributed by atoms with Gasteiger partial charge in [0.05, 0.1) is 6.54 Å². The molecular formula is C15H27N3O5. The van der Waals surface area contributed by atoms with Crippen molar-refractivity contribution in [3.05, 3.63) is 0 Å². The second kappa shape index (κ2) is 10.6. The maximum Gasteiger partial charge on any atom is 0.326 e. The van der Waals surface area contributed by atoms with Crippen molar-refractivity contribution < 1.29 is 24.3 Å². The fourth-order valence-electron chi connectivity index (χ4n) is 1.80. The van der Waals surface area contributed by atoms with Gasteiger partial charge in [0.2, 0.25) is 17.7 Å². The Morgan fingerprint density at radius 1 is 1.09 bits per heavy atom. The van der Waals surface area contributed by atoms with Crippen LogP contribution in [-0.2, 0) is 19.2 Å². The minimum atomic E-state index is -1.15. The van der Waals surface area contributed by atoms with E-state index < -0.39 is 17.9 Å². The molecule has 1 atom stereocenters. The largest absolute Gasteiger partial charge is 0.480 e. The standard InChI is InChI=1S/C15H27N3O5/c1-10(2)5-6-13(20)17-9-14(21)18(11(3)15(22)23)8-7-16-12(4)19/h10-11H,5-9H2,1-4H3,(H,16,19)(H,17,20)(H,22,23). The number of amides is 3. The Hall–Kier alpha value is -2.12. The molecule has 0 spiro atoms. The van der Waals surface area contributed by atoms with Gasteiger partial charge in [0, 0.05) is 26.4 Å². The molecule has 0 rings (SSSR count). The number of hydrogen-bond acceptors (Lipinski definition) is 4. The predicted octanol–water partition coefficient (Wildman–Crippen LogP) is -0.0234. The van der Waals surface area contributed by atoms with Crippen LogP contribution in [0.15, 0.2) is 0 Å². The summed E-state index contributed by atoms with van der Waals surface area (Å²) in [5, 5.41) is 14.1. The number of carbonyl (C=O) groups excluding carboxylic acids is 3. The van der Waals surface area contributed by atoms with Crippen LogP contribution in [0.2, 0.25) is 0 Å². The summed E-state index contributed by atoms with van der Waals surface area (Å²) >= 11 is 0. The fraction of sp³-hybridized carbons (Fsp3) is 0.733. The Balaban J connectivity index is 4.51. The molecule has 132 valence electrons. The molecule has 8 nitrogen and oxygen atoms in total. The van der Waals surface area contributed by atoms with E-state index >= 15 is 0 Å². The number of rotatable bonds is 10. The van der Waals surface area contributed by atoms with Crippen molar-refractivity contribution in [3.63, 3.8) is 0 Å². The van der Waals surface area contributed by atoms with Gasteiger partial charge in [-0.2, -0.15) is 0 Å². The molecule has 0 heterocycles. The van der Waals surface area contributed by atoms with Gasteiger partial charge in [-0.1, -0.05) is 13.8 Å². The lowest BCUT2D eigenvalue weighted by Crippen LogP contribution is -2.50. The van der Waals surface area contributed by atoms with Gasteiger partial charge in [-0.3, -0.25) is 14.4 Å². The van der Waals surface area contributed by atoms with Crippen molar-refractivity contribution in [1.29, 1.82) is 0 Å². The summed E-state index contributed by atoms with van der Waals surface area (Å²) < 4.78 is 0. The van der Waals surface area contributed by atoms with Gasteiger partial charge in [-0.05, 0) is 19.3 Å². The minimum absolute atomic E-state index is 0.0632. The summed E-state index contributed by atoms with van der Waals surface area (Å²) in [6, 6.07) is -1.04. The fourth-order valence-corrected chi connectivity index (χ4v) is 1.80. The summed E-state index contributed by atoms with van der Waals surface area (Å²) in [4.78, 5) is 46.8. The maximum atomic E-state index is 12.1. The van der Waals surface area contributed by atoms with E-state index in [4.69, 9.17) is 5.11 Å². The van der Waals surface area contributed by atoms with Gasteiger partial charge >= 0.3 is 5.97 Å². The number of carboxylic acids is 1. The molecule has 0 aromatic rings. The molecule has 8 heteroatoms. The molecule has 0 aromatic heterocycles. The minimum Gasteiger partial charge on any atom is -0.480 e. The molecule has 1 unspecified atom stereocenters. The van der Waals surface area contributed by atoms with Crippen molar-refractivity contribution in [3.8, 4) is 0 Å². The van der Waals surface area contributed by atoms with E-state index in [9.17, 15) is 19.2 Å². The lowest BCUT2D eigenvalue weighted by atomic mass is 10.1. The molecule has 23 heavy (non-hydrogen) atoms. The van der Waals surface area contributed by atoms with Crippen LogP contribution in [0, 0.1) is 5.92 Å². The van der Waals surface area contributed by atoms with E-state index in [2.05, 4.69) is 10.6 Å². The first-order chi connectivity index (χ1) is 10.6. The predicted molar refractivity (Wildman–Crippen MR) is 84.6 cm³/mol. The van der Waals surface area contributed by atoms with Crippen molar-refractivity contribution in [2.45, 2.75) is 46.6 Å². The van der Waals surface area contributed by atoms with Crippen LogP contribution in [0.3, 0.4) is 0 Å². The zero-order valence-electron chi connectivity index (χ0n) is 14.2. The van der Waals surface area contributed by atoms with Gasteiger partial charge < -0.3 is 20.6 Å². The van der Waals surface area contributed by atoms with Crippen LogP contribution in [0.4, 0.5) is 0 Å². The van der Waals surface area contributed by atoms with Gasteiger partial charge in [-0.15, -0.1) is 0 Å². The Labute approximate surface area is 136 Å². The highest BCUT2D eigenvalue weighted by Crippen LogP contribution is 2.03. The molecule has 0 radical (unpaired) electrons. The molecule has 0 aliphatic heterocycles. The second-order valence-electron chi connectivity index (χ2n) is 5.79. The molecule has 0 bridgehead atoms. The van der Waals surface area contributed by atoms with E-state index in [1.807, 2.05) is 13.8 Å². The average molecular weight is 329 g/mol. The number of hydrogen-bond donors (Lipinski definition) is 3. The number of carbonyl (C=O) groups is 4. The van der Waals surface area contributed by atoms with Crippen molar-refractivity contribution in [2.75, 3.05) is 19.6 Å². The number of nitrogens with one attached hydrogen (secondary N) is 2. The SMILES string of the molecule is CC(=O)NCCN(C(=O)CNC(=O)CCC(C)C)C(C)C(=O)O. The Morgan fingerprint density at radius 2 is 1.70 bits per heavy atom. The number of nitrogens with zero attached hydrogens (tertiary/aromatic N) is 1. The van der Waals surface area contributed by atoms with Crippen LogP contribution >= 0.6 is 0 Å². The molecule has 0 aliphatic carbocycles. The Morgan fingerprint density at radius 3 is 2.17 bits per heavy atom. The first kappa shape index (κ1) is 20.9. The van der Waals surface area contributed by atoms with Crippen LogP contribution in [0.5, 0.6) is 0 Å². The van der Waals surface area contributed by atoms with E-state index in [0.29, 0.717) is 12.3 Å². The summed E-state index contributed by atoms with van der Waals surface area (Å²) in [6.45, 7) is 6.67. The topological polar surface area (TPSA) is 116 Å². The van der Waals surface area contributed by atoms with Crippen molar-refractivity contribution in [1.82, 2.24) is 15.5 Å². The zero-order valence-corrected chi connectivity index (χ0v) is 14.2. The monoisotopic (exact) mass is 329 g/mol. The summed E-state index contributed by atoms with van der Waals surface area (Å²) in [7, 11) is 0. The lowest BCUT2D eigenvalue weighted by Gasteiger charge is -2.26. The van der Waals surface area contributed by atoms with Crippen LogP contribution in [-0.4, -0.2) is 59.4 Å². The normalized spacial score (nSPS) is 11.7. The highest BCUT2D eigenvalue weighted by Gasteiger charge is 2.25. The van der Waals surface area contributed by atoms with Gasteiger partial charge in [0.25, 0.3) is 0 Å². The second-order valence-corrected chi connectivity index (χ2v) is 5.79. The molecule has 3 amide bonds. The van der Waals surface area contributed by atoms with E-state index in [0.717, 1.165) is 11.3 Å². The third-order valence-electron chi connectivity index (χ3n) is 3.26. The van der Waals surface area contributed by atoms with E-state index in [-0.39, 0.29) is 31.4 Å². The number of carboxylic acid groups (broad SMARTS) is 1. The van der Waals surface area contributed by atoms with Crippen LogP contribution in [0.25, 0.3) is 0 Å². The summed E-state index contributed by atoms with van der Waals surface area (Å²) in [5.74, 6) is -1.76. The molecule has 0 aromatic carbocycles. The lowest BCUT2D eigenvalue weighted by molar-refractivity contribution is -0.149. The molecule has 0 saturated heterocycles. The third kappa shape index (κ3) is 9.49. The molecule has 3 N–H and O–H groups in total. The first-order valence-corrected chi connectivity index (χ1v) is 7.68. The molecule has 0 fully saturated rings. The van der Waals surface area contributed by atoms with Gasteiger partial charge in [-0.25, -0.2) is 4.79 Å². The van der Waals surface area contributed by atoms with Crippen LogP contribution in [0.1, 0.15) is 40.5 Å². The third-order valence-corrected chi connectivity index (χ3v) is 3.26. The Bertz CT molecular complexity index is 437. The van der Waals surface area contributed by atoms with Gasteiger partial charge in [0.15, 0.2) is 0 Å². The van der Waals surface area contributed by atoms with Crippen molar-refractivity contribution in [2.24, 2.45) is 5.92 Å². The summed E-state index contributed by atoms with van der Waals surface area (Å²) in [5.41, 5.74) is 0. The number of aliphatic carboxylic acids is 1. The highest BCUT2D eigenvalue weighted by atomic mass is 16.4. The average Bonchev–Trinajstić information content (AvgIpc) is 2.45. The Kier molecular flexibility index (Phi) is 9.60. The van der Waals surface area contributed by atoms with E-state index in [1.54, 1.807) is 0 Å². The smallest absolute Gasteiger partial charge is 0.326 e. The highest BCUT2D eigenvalue weighted by molar-refractivity contribution is 5.87. The molecule has 0 saturated carbocycles. The van der Waals surface area contributed by atoms with Gasteiger partial charge in [0.1, 0.15) is 6.04 Å². The van der Waals surface area contributed by atoms with Crippen LogP contribution < -0.4 is 10.6 Å². The first-order valence-electron chi connectivity index (χ1n) is 7.68. The quantitative estimate of drug-likeness (QED) is 0.521. The van der Waals surface area contributed by atoms with Crippen molar-refractivity contribution >= 4 is 23.7 Å². The summed E-state index contributed by atoms with van der Waals surface area (Å²) in [6.07, 6.45) is 1.04. The van der Waals surface area contributed by atoms with E-state index in [1.165, 1.54) is 13.8 Å². The molecule has 0 aliphatic rings. The molecular weight excluding hydrogens is 302 g/mol.